The molecule has 1 saturated carbocycles. The third-order valence-electron chi connectivity index (χ3n) is 12.2. The number of hydrogen-bond acceptors (Lipinski definition) is 7. The lowest BCUT2D eigenvalue weighted by atomic mass is 10.0. The van der Waals surface area contributed by atoms with Gasteiger partial charge in [-0.25, -0.2) is 14.8 Å². The van der Waals surface area contributed by atoms with Crippen molar-refractivity contribution in [3.05, 3.63) is 108 Å². The van der Waals surface area contributed by atoms with E-state index in [1.165, 1.54) is 0 Å². The molecular weight excluding hydrogens is 717 g/mol. The van der Waals surface area contributed by atoms with Crippen LogP contribution in [0.4, 0.5) is 4.79 Å². The first-order chi connectivity index (χ1) is 27.8. The molecule has 3 amide bonds. The maximum absolute atomic E-state index is 14.2. The van der Waals surface area contributed by atoms with E-state index in [-0.39, 0.29) is 35.9 Å². The Morgan fingerprint density at radius 1 is 0.719 bits per heavy atom. The predicted molar refractivity (Wildman–Crippen MR) is 218 cm³/mol. The summed E-state index contributed by atoms with van der Waals surface area (Å²) in [6.45, 7) is 7.18. The maximum Gasteiger partial charge on any atom is 0.404 e. The number of H-pyrrole nitrogens is 2. The minimum atomic E-state index is -0.828. The van der Waals surface area contributed by atoms with E-state index in [1.807, 2.05) is 40.4 Å². The molecule has 5 atom stereocenters. The van der Waals surface area contributed by atoms with Gasteiger partial charge < -0.3 is 30.2 Å². The van der Waals surface area contributed by atoms with Crippen molar-refractivity contribution in [2.24, 2.45) is 11.7 Å². The van der Waals surface area contributed by atoms with Crippen molar-refractivity contribution < 1.29 is 19.1 Å². The molecule has 3 fully saturated rings. The summed E-state index contributed by atoms with van der Waals surface area (Å²) in [5.74, 6) is 1.38. The van der Waals surface area contributed by atoms with Gasteiger partial charge in [-0.05, 0) is 85.9 Å². The molecule has 2 aliphatic heterocycles. The quantitative estimate of drug-likeness (QED) is 0.117. The summed E-state index contributed by atoms with van der Waals surface area (Å²) in [6, 6.07) is 26.4. The summed E-state index contributed by atoms with van der Waals surface area (Å²) in [5, 5.41) is 0. The number of hydrogen-bond donors (Lipinski definition) is 3. The van der Waals surface area contributed by atoms with E-state index >= 15 is 0 Å². The van der Waals surface area contributed by atoms with E-state index < -0.39 is 12.2 Å². The average Bonchev–Trinajstić information content (AvgIpc) is 4.09. The molecule has 1 aliphatic carbocycles. The number of likely N-dealkylation sites (N-methyl/N-ethyl adjacent to an activating group) is 1. The van der Waals surface area contributed by atoms with E-state index in [0.717, 1.165) is 103 Å². The Morgan fingerprint density at radius 3 is 1.79 bits per heavy atom. The van der Waals surface area contributed by atoms with Crippen LogP contribution in [0.5, 0.6) is 0 Å². The molecular formula is C45H52N8O4. The molecule has 12 heteroatoms. The SMILES string of the molecule is CCN(CC)C(C(=O)N1CCCC1c1ncc(-c2ccc(-c3ccc(-c4cnc(C5CCCN5C(=O)[C@@H]5CCC[C@H]5OC(N)=O)[nH]4)cc3)cc2)[nH]1)c1ccccc1. The van der Waals surface area contributed by atoms with Crippen LogP contribution in [0.1, 0.15) is 94.1 Å². The number of carbonyl (C=O) groups excluding carboxylic acids is 3. The van der Waals surface area contributed by atoms with Gasteiger partial charge in [0.25, 0.3) is 0 Å². The zero-order chi connectivity index (χ0) is 39.5. The lowest BCUT2D eigenvalue weighted by molar-refractivity contribution is -0.139. The number of benzene rings is 3. The van der Waals surface area contributed by atoms with Crippen LogP contribution in [-0.2, 0) is 14.3 Å². The molecule has 3 aliphatic rings. The molecule has 2 saturated heterocycles. The van der Waals surface area contributed by atoms with Crippen molar-refractivity contribution in [3.63, 3.8) is 0 Å². The van der Waals surface area contributed by atoms with Gasteiger partial charge in [-0.1, -0.05) is 92.7 Å². The van der Waals surface area contributed by atoms with Crippen molar-refractivity contribution in [3.8, 4) is 33.6 Å². The number of likely N-dealkylation sites (tertiary alicyclic amines) is 2. The Morgan fingerprint density at radius 2 is 1.25 bits per heavy atom. The van der Waals surface area contributed by atoms with Crippen LogP contribution in [0.2, 0.25) is 0 Å². The molecule has 4 N–H and O–H groups in total. The van der Waals surface area contributed by atoms with Gasteiger partial charge in [-0.3, -0.25) is 14.5 Å². The van der Waals surface area contributed by atoms with Crippen LogP contribution in [0.3, 0.4) is 0 Å². The van der Waals surface area contributed by atoms with E-state index in [1.54, 1.807) is 0 Å². The second-order valence-electron chi connectivity index (χ2n) is 15.4. The first kappa shape index (κ1) is 38.1. The fourth-order valence-electron chi connectivity index (χ4n) is 9.22. The fourth-order valence-corrected chi connectivity index (χ4v) is 9.22. The van der Waals surface area contributed by atoms with Gasteiger partial charge in [-0.2, -0.15) is 0 Å². The number of primary amides is 1. The monoisotopic (exact) mass is 768 g/mol. The van der Waals surface area contributed by atoms with Gasteiger partial charge in [0.05, 0.1) is 41.8 Å². The van der Waals surface area contributed by atoms with Gasteiger partial charge in [0.2, 0.25) is 11.8 Å². The molecule has 12 nitrogen and oxygen atoms in total. The minimum Gasteiger partial charge on any atom is -0.446 e. The summed E-state index contributed by atoms with van der Waals surface area (Å²) < 4.78 is 5.28. The van der Waals surface area contributed by atoms with Crippen molar-refractivity contribution in [2.75, 3.05) is 26.2 Å². The van der Waals surface area contributed by atoms with Crippen LogP contribution < -0.4 is 5.73 Å². The average molecular weight is 769 g/mol. The lowest BCUT2D eigenvalue weighted by Crippen LogP contribution is -2.43. The molecule has 2 aromatic heterocycles. The standard InChI is InChI=1S/C45H52N8O4/c1-3-51(4-2)40(33-11-6-5-7-12-33)44(55)53-26-10-15-38(53)42-48-28-36(50-42)32-23-19-30(20-24-32)29-17-21-31(22-18-29)35-27-47-41(49-35)37-14-9-25-52(37)43(54)34-13-8-16-39(34)57-45(46)56/h5-7,11-12,17-24,27-28,34,37-40H,3-4,8-10,13-16,25-26H2,1-2H3,(H2,46,56)(H,47,49)(H,48,50)/t34-,37?,38?,39-,40?/m1/s1. The van der Waals surface area contributed by atoms with Crippen LogP contribution in [0, 0.1) is 5.92 Å². The molecule has 0 bridgehead atoms. The number of imidazole rings is 2. The second-order valence-corrected chi connectivity index (χ2v) is 15.4. The number of nitrogens with zero attached hydrogens (tertiary/aromatic N) is 5. The molecule has 3 aromatic carbocycles. The number of nitrogens with two attached hydrogens (primary N) is 1. The van der Waals surface area contributed by atoms with Gasteiger partial charge in [0.1, 0.15) is 23.8 Å². The number of aromatic nitrogens is 4. The Labute approximate surface area is 333 Å². The second kappa shape index (κ2) is 16.8. The number of aromatic amines is 2. The molecule has 4 heterocycles. The van der Waals surface area contributed by atoms with E-state index in [0.29, 0.717) is 19.4 Å². The lowest BCUT2D eigenvalue weighted by Gasteiger charge is -2.34. The predicted octanol–water partition coefficient (Wildman–Crippen LogP) is 7.81. The van der Waals surface area contributed by atoms with Crippen molar-refractivity contribution in [2.45, 2.75) is 83.0 Å². The molecule has 0 radical (unpaired) electrons. The zero-order valence-corrected chi connectivity index (χ0v) is 32.8. The third-order valence-corrected chi connectivity index (χ3v) is 12.2. The first-order valence-electron chi connectivity index (χ1n) is 20.5. The van der Waals surface area contributed by atoms with Gasteiger partial charge >= 0.3 is 6.09 Å². The van der Waals surface area contributed by atoms with Crippen LogP contribution >= 0.6 is 0 Å². The van der Waals surface area contributed by atoms with Crippen LogP contribution in [-0.4, -0.2) is 84.8 Å². The highest BCUT2D eigenvalue weighted by molar-refractivity contribution is 5.84. The van der Waals surface area contributed by atoms with Crippen molar-refractivity contribution >= 4 is 17.9 Å². The first-order valence-corrected chi connectivity index (χ1v) is 20.5. The third kappa shape index (κ3) is 7.83. The van der Waals surface area contributed by atoms with Gasteiger partial charge in [0.15, 0.2) is 0 Å². The number of ether oxygens (including phenoxy) is 1. The number of nitrogens with one attached hydrogen (secondary N) is 2. The number of carbonyl (C=O) groups is 3. The summed E-state index contributed by atoms with van der Waals surface area (Å²) >= 11 is 0. The summed E-state index contributed by atoms with van der Waals surface area (Å²) in [7, 11) is 0. The van der Waals surface area contributed by atoms with Gasteiger partial charge in [0, 0.05) is 13.1 Å². The number of amides is 3. The molecule has 8 rings (SSSR count). The Hall–Kier alpha value is -5.75. The maximum atomic E-state index is 14.2. The minimum absolute atomic E-state index is 0.0121. The Kier molecular flexibility index (Phi) is 11.2. The highest BCUT2D eigenvalue weighted by Crippen LogP contribution is 2.38. The van der Waals surface area contributed by atoms with E-state index in [2.05, 4.69) is 89.4 Å². The highest BCUT2D eigenvalue weighted by Gasteiger charge is 2.42. The summed E-state index contributed by atoms with van der Waals surface area (Å²) in [6.07, 6.45) is 8.15. The highest BCUT2D eigenvalue weighted by atomic mass is 16.6. The van der Waals surface area contributed by atoms with Gasteiger partial charge in [-0.15, -0.1) is 0 Å². The topological polar surface area (TPSA) is 154 Å². The largest absolute Gasteiger partial charge is 0.446 e. The smallest absolute Gasteiger partial charge is 0.404 e. The summed E-state index contributed by atoms with van der Waals surface area (Å²) in [4.78, 5) is 61.9. The Balaban J connectivity index is 0.922. The van der Waals surface area contributed by atoms with Crippen molar-refractivity contribution in [1.82, 2.24) is 34.6 Å². The molecule has 5 aromatic rings. The Bertz CT molecular complexity index is 2160. The van der Waals surface area contributed by atoms with E-state index in [9.17, 15) is 14.4 Å². The normalized spacial score (nSPS) is 21.3. The van der Waals surface area contributed by atoms with Crippen LogP contribution in [0.25, 0.3) is 33.6 Å². The molecule has 3 unspecified atom stereocenters. The summed E-state index contributed by atoms with van der Waals surface area (Å²) in [5.41, 5.74) is 12.3. The number of rotatable bonds is 12. The fraction of sp³-hybridized carbons (Fsp3) is 0.400. The van der Waals surface area contributed by atoms with Crippen LogP contribution in [0.15, 0.2) is 91.3 Å². The van der Waals surface area contributed by atoms with Crippen molar-refractivity contribution in [1.29, 1.82) is 0 Å². The molecule has 0 spiro atoms. The van der Waals surface area contributed by atoms with E-state index in [4.69, 9.17) is 20.4 Å². The molecule has 296 valence electrons. The zero-order valence-electron chi connectivity index (χ0n) is 32.8. The molecule has 57 heavy (non-hydrogen) atoms.